The topological polar surface area (TPSA) is 99.2 Å². The van der Waals surface area contributed by atoms with Crippen LogP contribution in [-0.2, 0) is 16.8 Å². The molecular formula is C18H23N4O3S. The van der Waals surface area contributed by atoms with Gasteiger partial charge in [0.2, 0.25) is 0 Å². The molecule has 3 N–H and O–H groups in total. The summed E-state index contributed by atoms with van der Waals surface area (Å²) in [5.41, 5.74) is 6.87. The number of aromatic nitrogens is 2. The number of rotatable bonds is 3. The number of ether oxygens (including phenoxy) is 1. The molecule has 2 amide bonds. The Hall–Kier alpha value is -2.19. The van der Waals surface area contributed by atoms with Crippen LogP contribution in [0.5, 0.6) is 0 Å². The van der Waals surface area contributed by atoms with Crippen LogP contribution < -0.4 is 11.1 Å². The molecule has 0 bridgehead atoms. The second-order valence-electron chi connectivity index (χ2n) is 7.66. The summed E-state index contributed by atoms with van der Waals surface area (Å²) in [6.07, 6.45) is 2.11. The molecule has 0 fully saturated rings. The second-order valence-corrected chi connectivity index (χ2v) is 8.68. The van der Waals surface area contributed by atoms with E-state index in [1.807, 2.05) is 27.7 Å². The Labute approximate surface area is 156 Å². The predicted molar refractivity (Wildman–Crippen MR) is 100 cm³/mol. The van der Waals surface area contributed by atoms with Gasteiger partial charge in [0, 0.05) is 11.3 Å². The fraction of sp³-hybridized carbons (Fsp3) is 0.444. The van der Waals surface area contributed by atoms with E-state index in [-0.39, 0.29) is 5.91 Å². The number of hydrogen-bond acceptors (Lipinski definition) is 5. The first-order valence-corrected chi connectivity index (χ1v) is 9.07. The van der Waals surface area contributed by atoms with Crippen LogP contribution in [0.3, 0.4) is 0 Å². The maximum atomic E-state index is 12.7. The van der Waals surface area contributed by atoms with E-state index in [0.717, 1.165) is 10.4 Å². The number of nitrogens with one attached hydrogen (secondary N) is 1. The largest absolute Gasteiger partial charge is 0.365 e. The van der Waals surface area contributed by atoms with E-state index < -0.39 is 17.1 Å². The number of anilines is 1. The Kier molecular flexibility index (Phi) is 4.23. The Morgan fingerprint density at radius 2 is 2.04 bits per heavy atom. The maximum Gasteiger partial charge on any atom is 0.274 e. The fourth-order valence-electron chi connectivity index (χ4n) is 3.61. The lowest BCUT2D eigenvalue weighted by Gasteiger charge is -2.41. The van der Waals surface area contributed by atoms with E-state index in [9.17, 15) is 9.59 Å². The highest BCUT2D eigenvalue weighted by atomic mass is 32.1. The van der Waals surface area contributed by atoms with Crippen molar-refractivity contribution in [3.63, 3.8) is 0 Å². The first-order chi connectivity index (χ1) is 11.9. The van der Waals surface area contributed by atoms with E-state index in [2.05, 4.69) is 17.5 Å². The highest BCUT2D eigenvalue weighted by Gasteiger charge is 2.43. The lowest BCUT2D eigenvalue weighted by Crippen LogP contribution is -2.42. The Morgan fingerprint density at radius 3 is 2.58 bits per heavy atom. The zero-order valence-corrected chi connectivity index (χ0v) is 16.4. The Balaban J connectivity index is 2.08. The monoisotopic (exact) mass is 375 g/mol. The molecule has 0 spiro atoms. The van der Waals surface area contributed by atoms with E-state index in [0.29, 0.717) is 28.2 Å². The molecule has 3 heterocycles. The van der Waals surface area contributed by atoms with Crippen LogP contribution >= 0.6 is 11.3 Å². The van der Waals surface area contributed by atoms with Gasteiger partial charge >= 0.3 is 0 Å². The highest BCUT2D eigenvalue weighted by Crippen LogP contribution is 2.48. The average molecular weight is 375 g/mol. The van der Waals surface area contributed by atoms with Crippen LogP contribution in [-0.4, -0.2) is 27.2 Å². The number of nitrogens with zero attached hydrogens (tertiary/aromatic N) is 2. The minimum atomic E-state index is -0.584. The average Bonchev–Trinajstić information content (AvgIpc) is 2.97. The molecule has 0 atom stereocenters. The zero-order chi connectivity index (χ0) is 19.4. The molecule has 3 rings (SSSR count). The molecule has 1 aliphatic rings. The number of carbonyl (C=O) groups excluding carboxylic acids is 2. The van der Waals surface area contributed by atoms with Crippen molar-refractivity contribution in [2.75, 3.05) is 5.32 Å². The molecule has 0 aromatic carbocycles. The Morgan fingerprint density at radius 1 is 1.38 bits per heavy atom. The van der Waals surface area contributed by atoms with Crippen molar-refractivity contribution in [3.8, 4) is 0 Å². The molecular weight excluding hydrogens is 352 g/mol. The summed E-state index contributed by atoms with van der Waals surface area (Å²) < 4.78 is 7.43. The van der Waals surface area contributed by atoms with Gasteiger partial charge in [0.15, 0.2) is 0 Å². The molecule has 0 unspecified atom stereocenters. The van der Waals surface area contributed by atoms with E-state index in [1.54, 1.807) is 13.1 Å². The molecule has 1 aliphatic heterocycles. The van der Waals surface area contributed by atoms with Crippen molar-refractivity contribution in [1.29, 1.82) is 0 Å². The summed E-state index contributed by atoms with van der Waals surface area (Å²) in [6.45, 7) is 9.63. The molecule has 2 aromatic rings. The standard InChI is InChI=1S/C18H23N4O3S/c1-9-8-20-22(6)12(9)15(24)21-16-11(14(19)23)10-7-17(2,3)25-18(4,5)13(10)26-16/h8H,6-7H2,1-5H3,(H2,19,23)(H,21,24). The van der Waals surface area contributed by atoms with Crippen LogP contribution in [0.2, 0.25) is 0 Å². The number of thiophene rings is 1. The molecule has 0 aliphatic carbocycles. The van der Waals surface area contributed by atoms with Crippen LogP contribution in [0, 0.1) is 14.0 Å². The predicted octanol–water partition coefficient (Wildman–Crippen LogP) is 2.83. The molecule has 26 heavy (non-hydrogen) atoms. The maximum absolute atomic E-state index is 12.7. The normalized spacial score (nSPS) is 17.6. The number of primary amides is 1. The van der Waals surface area contributed by atoms with Gasteiger partial charge in [-0.3, -0.25) is 14.3 Å². The number of carbonyl (C=O) groups is 2. The SMILES string of the molecule is [CH2]n1ncc(C)c1C(=O)Nc1sc2c(c1C(N)=O)CC(C)(C)OC2(C)C. The van der Waals surface area contributed by atoms with Crippen molar-refractivity contribution in [2.24, 2.45) is 5.73 Å². The lowest BCUT2D eigenvalue weighted by molar-refractivity contribution is -0.135. The number of amides is 2. The van der Waals surface area contributed by atoms with Crippen molar-refractivity contribution >= 4 is 28.2 Å². The number of nitrogens with two attached hydrogens (primary N) is 1. The molecule has 8 heteroatoms. The van der Waals surface area contributed by atoms with Gasteiger partial charge in [-0.15, -0.1) is 11.3 Å². The van der Waals surface area contributed by atoms with Crippen molar-refractivity contribution in [3.05, 3.63) is 40.5 Å². The number of fused-ring (bicyclic) bond motifs is 1. The summed E-state index contributed by atoms with van der Waals surface area (Å²) in [4.78, 5) is 25.8. The number of hydrogen-bond donors (Lipinski definition) is 2. The summed E-state index contributed by atoms with van der Waals surface area (Å²) in [5.74, 6) is -0.944. The molecule has 0 saturated carbocycles. The second kappa shape index (κ2) is 5.92. The van der Waals surface area contributed by atoms with Crippen LogP contribution in [0.15, 0.2) is 6.20 Å². The van der Waals surface area contributed by atoms with Gasteiger partial charge in [0.05, 0.1) is 30.0 Å². The van der Waals surface area contributed by atoms with Crippen LogP contribution in [0.25, 0.3) is 0 Å². The van der Waals surface area contributed by atoms with Gasteiger partial charge < -0.3 is 15.8 Å². The van der Waals surface area contributed by atoms with Crippen LogP contribution in [0.4, 0.5) is 5.00 Å². The summed E-state index contributed by atoms with van der Waals surface area (Å²) >= 11 is 1.33. The first-order valence-electron chi connectivity index (χ1n) is 8.26. The molecule has 7 nitrogen and oxygen atoms in total. The minimum Gasteiger partial charge on any atom is -0.365 e. The van der Waals surface area contributed by atoms with Gasteiger partial charge in [0.25, 0.3) is 11.8 Å². The minimum absolute atomic E-state index is 0.336. The molecule has 139 valence electrons. The van der Waals surface area contributed by atoms with Crippen molar-refractivity contribution < 1.29 is 14.3 Å². The van der Waals surface area contributed by atoms with E-state index >= 15 is 0 Å². The molecule has 0 saturated heterocycles. The third-order valence-corrected chi connectivity index (χ3v) is 5.85. The Bertz CT molecular complexity index is 888. The number of aryl methyl sites for hydroxylation is 1. The third kappa shape index (κ3) is 3.03. The fourth-order valence-corrected chi connectivity index (χ4v) is 4.86. The van der Waals surface area contributed by atoms with E-state index in [4.69, 9.17) is 10.5 Å². The third-order valence-electron chi connectivity index (χ3n) is 4.40. The lowest BCUT2D eigenvalue weighted by atomic mass is 9.86. The van der Waals surface area contributed by atoms with Gasteiger partial charge in [-0.1, -0.05) is 0 Å². The first kappa shape index (κ1) is 18.6. The van der Waals surface area contributed by atoms with Crippen molar-refractivity contribution in [1.82, 2.24) is 9.78 Å². The van der Waals surface area contributed by atoms with Crippen LogP contribution in [0.1, 0.15) is 64.5 Å². The summed E-state index contributed by atoms with van der Waals surface area (Å²) in [5, 5.41) is 7.23. The molecule has 1 radical (unpaired) electrons. The zero-order valence-electron chi connectivity index (χ0n) is 15.6. The van der Waals surface area contributed by atoms with E-state index in [1.165, 1.54) is 16.0 Å². The van der Waals surface area contributed by atoms with Gasteiger partial charge in [-0.05, 0) is 45.7 Å². The van der Waals surface area contributed by atoms with Crippen molar-refractivity contribution in [2.45, 2.75) is 52.2 Å². The van der Waals surface area contributed by atoms with Gasteiger partial charge in [-0.25, -0.2) is 0 Å². The summed E-state index contributed by atoms with van der Waals surface area (Å²) in [6, 6.07) is 0. The smallest absolute Gasteiger partial charge is 0.274 e. The van der Waals surface area contributed by atoms with Gasteiger partial charge in [0.1, 0.15) is 10.7 Å². The van der Waals surface area contributed by atoms with Gasteiger partial charge in [-0.2, -0.15) is 5.10 Å². The highest BCUT2D eigenvalue weighted by molar-refractivity contribution is 7.17. The molecule has 2 aromatic heterocycles. The quantitative estimate of drug-likeness (QED) is 0.861. The summed E-state index contributed by atoms with van der Waals surface area (Å²) in [7, 11) is 3.71.